The van der Waals surface area contributed by atoms with Crippen LogP contribution in [-0.2, 0) is 4.79 Å². The van der Waals surface area contributed by atoms with E-state index in [1.165, 1.54) is 6.08 Å². The zero-order chi connectivity index (χ0) is 13.6. The summed E-state index contributed by atoms with van der Waals surface area (Å²) in [5.41, 5.74) is -0.699. The Morgan fingerprint density at radius 2 is 2.28 bits per heavy atom. The van der Waals surface area contributed by atoms with Crippen molar-refractivity contribution < 1.29 is 15.0 Å². The number of fused-ring (bicyclic) bond motifs is 1. The van der Waals surface area contributed by atoms with Crippen LogP contribution >= 0.6 is 0 Å². The van der Waals surface area contributed by atoms with Crippen LogP contribution in [0.2, 0.25) is 0 Å². The summed E-state index contributed by atoms with van der Waals surface area (Å²) in [6.07, 6.45) is 6.78. The Labute approximate surface area is 108 Å². The van der Waals surface area contributed by atoms with Crippen molar-refractivity contribution in [2.75, 3.05) is 6.61 Å². The standard InChI is InChI=1S/C15H20O3/c1-10-5-4-6-12-7-13(17)15(18,11(2)8-16)9-14(10,12)3/h4,6-7,10,16,18H,2,5,8-9H2,1,3H3. The van der Waals surface area contributed by atoms with Crippen LogP contribution in [0.3, 0.4) is 0 Å². The summed E-state index contributed by atoms with van der Waals surface area (Å²) in [6, 6.07) is 0. The molecule has 2 rings (SSSR count). The molecule has 3 unspecified atom stereocenters. The highest BCUT2D eigenvalue weighted by Crippen LogP contribution is 2.51. The van der Waals surface area contributed by atoms with Crippen molar-refractivity contribution in [2.45, 2.75) is 32.3 Å². The van der Waals surface area contributed by atoms with Gasteiger partial charge in [0, 0.05) is 0 Å². The molecule has 0 amide bonds. The number of aliphatic hydroxyl groups is 2. The molecule has 0 spiro atoms. The molecule has 98 valence electrons. The highest BCUT2D eigenvalue weighted by Gasteiger charge is 2.51. The van der Waals surface area contributed by atoms with Crippen LogP contribution in [0.1, 0.15) is 26.7 Å². The molecule has 0 radical (unpaired) electrons. The van der Waals surface area contributed by atoms with E-state index < -0.39 is 5.60 Å². The molecule has 2 aliphatic carbocycles. The van der Waals surface area contributed by atoms with Gasteiger partial charge in [0.05, 0.1) is 6.61 Å². The van der Waals surface area contributed by atoms with Crippen molar-refractivity contribution in [2.24, 2.45) is 11.3 Å². The van der Waals surface area contributed by atoms with Gasteiger partial charge in [-0.3, -0.25) is 4.79 Å². The van der Waals surface area contributed by atoms with E-state index in [0.717, 1.165) is 12.0 Å². The van der Waals surface area contributed by atoms with Gasteiger partial charge >= 0.3 is 0 Å². The van der Waals surface area contributed by atoms with Gasteiger partial charge in [0.2, 0.25) is 0 Å². The Hall–Kier alpha value is -1.19. The number of ketones is 1. The molecule has 2 N–H and O–H groups in total. The molecule has 2 aliphatic rings. The number of allylic oxidation sites excluding steroid dienone is 3. The third-order valence-electron chi connectivity index (χ3n) is 4.63. The number of hydrogen-bond acceptors (Lipinski definition) is 3. The summed E-state index contributed by atoms with van der Waals surface area (Å²) in [5.74, 6) is -0.0207. The van der Waals surface area contributed by atoms with Gasteiger partial charge in [-0.1, -0.05) is 32.6 Å². The van der Waals surface area contributed by atoms with Crippen LogP contribution in [0.25, 0.3) is 0 Å². The largest absolute Gasteiger partial charge is 0.392 e. The van der Waals surface area contributed by atoms with Crippen LogP contribution in [0.5, 0.6) is 0 Å². The van der Waals surface area contributed by atoms with E-state index in [1.54, 1.807) is 0 Å². The molecule has 0 aromatic heterocycles. The maximum Gasteiger partial charge on any atom is 0.191 e. The van der Waals surface area contributed by atoms with Gasteiger partial charge in [0.15, 0.2) is 11.4 Å². The fourth-order valence-corrected chi connectivity index (χ4v) is 2.93. The molecule has 3 heteroatoms. The van der Waals surface area contributed by atoms with Crippen molar-refractivity contribution in [1.29, 1.82) is 0 Å². The molecule has 18 heavy (non-hydrogen) atoms. The first-order valence-corrected chi connectivity index (χ1v) is 6.29. The maximum absolute atomic E-state index is 12.1. The van der Waals surface area contributed by atoms with Gasteiger partial charge in [0.25, 0.3) is 0 Å². The van der Waals surface area contributed by atoms with Gasteiger partial charge in [-0.2, -0.15) is 0 Å². The molecule has 0 fully saturated rings. The summed E-state index contributed by atoms with van der Waals surface area (Å²) >= 11 is 0. The summed E-state index contributed by atoms with van der Waals surface area (Å²) in [6.45, 7) is 7.46. The van der Waals surface area contributed by atoms with E-state index in [4.69, 9.17) is 5.11 Å². The average Bonchev–Trinajstić information content (AvgIpc) is 2.33. The predicted octanol–water partition coefficient (Wildman–Crippen LogP) is 1.77. The first kappa shape index (κ1) is 13.2. The zero-order valence-electron chi connectivity index (χ0n) is 10.9. The zero-order valence-corrected chi connectivity index (χ0v) is 10.9. The Bertz CT molecular complexity index is 460. The highest BCUT2D eigenvalue weighted by atomic mass is 16.3. The SMILES string of the molecule is C=C(CO)C1(O)CC2(C)C(=CC1=O)C=CCC2C. The molecule has 0 bridgehead atoms. The lowest BCUT2D eigenvalue weighted by Gasteiger charge is -2.47. The van der Waals surface area contributed by atoms with E-state index in [1.807, 2.05) is 6.08 Å². The van der Waals surface area contributed by atoms with Crippen LogP contribution in [0.15, 0.2) is 36.0 Å². The first-order chi connectivity index (χ1) is 8.34. The van der Waals surface area contributed by atoms with E-state index in [-0.39, 0.29) is 23.4 Å². The van der Waals surface area contributed by atoms with E-state index in [2.05, 4.69) is 26.5 Å². The molecule has 3 nitrogen and oxygen atoms in total. The summed E-state index contributed by atoms with van der Waals surface area (Å²) in [4.78, 5) is 12.1. The monoisotopic (exact) mass is 248 g/mol. The van der Waals surface area contributed by atoms with E-state index >= 15 is 0 Å². The van der Waals surface area contributed by atoms with Gasteiger partial charge in [-0.05, 0) is 41.4 Å². The number of carbonyl (C=O) groups is 1. The quantitative estimate of drug-likeness (QED) is 0.732. The lowest BCUT2D eigenvalue weighted by molar-refractivity contribution is -0.134. The second kappa shape index (κ2) is 4.18. The third kappa shape index (κ3) is 1.70. The Kier molecular flexibility index (Phi) is 3.07. The van der Waals surface area contributed by atoms with Crippen molar-refractivity contribution >= 4 is 5.78 Å². The average molecular weight is 248 g/mol. The first-order valence-electron chi connectivity index (χ1n) is 6.29. The minimum Gasteiger partial charge on any atom is -0.392 e. The second-order valence-corrected chi connectivity index (χ2v) is 5.72. The molecular formula is C15H20O3. The smallest absolute Gasteiger partial charge is 0.191 e. The molecule has 0 aromatic rings. The van der Waals surface area contributed by atoms with Gasteiger partial charge in [0.1, 0.15) is 0 Å². The van der Waals surface area contributed by atoms with Crippen LogP contribution in [0, 0.1) is 11.3 Å². The van der Waals surface area contributed by atoms with Crippen molar-refractivity contribution in [3.05, 3.63) is 36.0 Å². The van der Waals surface area contributed by atoms with Gasteiger partial charge in [-0.15, -0.1) is 0 Å². The molecule has 0 aromatic carbocycles. The molecule has 0 heterocycles. The van der Waals surface area contributed by atoms with Crippen LogP contribution in [0.4, 0.5) is 0 Å². The topological polar surface area (TPSA) is 57.5 Å². The fraction of sp³-hybridized carbons (Fsp3) is 0.533. The van der Waals surface area contributed by atoms with E-state index in [9.17, 15) is 9.90 Å². The lowest BCUT2D eigenvalue weighted by atomic mass is 9.58. The second-order valence-electron chi connectivity index (χ2n) is 5.72. The number of rotatable bonds is 2. The summed E-state index contributed by atoms with van der Waals surface area (Å²) in [7, 11) is 0. The van der Waals surface area contributed by atoms with Crippen LogP contribution < -0.4 is 0 Å². The maximum atomic E-state index is 12.1. The van der Waals surface area contributed by atoms with Crippen molar-refractivity contribution in [3.8, 4) is 0 Å². The van der Waals surface area contributed by atoms with Crippen molar-refractivity contribution in [1.82, 2.24) is 0 Å². The summed E-state index contributed by atoms with van der Waals surface area (Å²) in [5, 5.41) is 19.7. The number of hydrogen-bond donors (Lipinski definition) is 2. The highest BCUT2D eigenvalue weighted by molar-refractivity contribution is 6.01. The van der Waals surface area contributed by atoms with Gasteiger partial charge in [-0.25, -0.2) is 0 Å². The molecule has 3 atom stereocenters. The van der Waals surface area contributed by atoms with Crippen LogP contribution in [-0.4, -0.2) is 28.2 Å². The molecule has 0 saturated carbocycles. The molecule has 0 aliphatic heterocycles. The fourth-order valence-electron chi connectivity index (χ4n) is 2.93. The molecule has 0 saturated heterocycles. The normalized spacial score (nSPS) is 39.2. The predicted molar refractivity (Wildman–Crippen MR) is 69.9 cm³/mol. The Balaban J connectivity index is 2.50. The Morgan fingerprint density at radius 1 is 1.61 bits per heavy atom. The third-order valence-corrected chi connectivity index (χ3v) is 4.63. The molecular weight excluding hydrogens is 228 g/mol. The number of aliphatic hydroxyl groups excluding tert-OH is 1. The van der Waals surface area contributed by atoms with Crippen molar-refractivity contribution in [3.63, 3.8) is 0 Å². The van der Waals surface area contributed by atoms with Gasteiger partial charge < -0.3 is 10.2 Å². The minimum absolute atomic E-state index is 0.186. The van der Waals surface area contributed by atoms with E-state index in [0.29, 0.717) is 12.3 Å². The lowest BCUT2D eigenvalue weighted by Crippen LogP contribution is -2.50. The number of carbonyl (C=O) groups excluding carboxylic acids is 1. The summed E-state index contributed by atoms with van der Waals surface area (Å²) < 4.78 is 0. The Morgan fingerprint density at radius 3 is 2.89 bits per heavy atom. The minimum atomic E-state index is -1.62.